The lowest BCUT2D eigenvalue weighted by Gasteiger charge is -2.05. The fraction of sp³-hybridized carbons (Fsp3) is 0.700. The van der Waals surface area contributed by atoms with Crippen molar-refractivity contribution in [3.63, 3.8) is 0 Å². The van der Waals surface area contributed by atoms with Gasteiger partial charge in [-0.05, 0) is 12.8 Å². The van der Waals surface area contributed by atoms with Crippen molar-refractivity contribution >= 4 is 0 Å². The van der Waals surface area contributed by atoms with Gasteiger partial charge in [-0.2, -0.15) is 0 Å². The third-order valence-electron chi connectivity index (χ3n) is 1.76. The van der Waals surface area contributed by atoms with Crippen LogP contribution in [0.4, 0.5) is 0 Å². The molecule has 1 heterocycles. The zero-order valence-electron chi connectivity index (χ0n) is 9.10. The van der Waals surface area contributed by atoms with E-state index in [0.29, 0.717) is 12.5 Å². The maximum atomic E-state index is 5.47. The molecule has 2 N–H and O–H groups in total. The highest BCUT2D eigenvalue weighted by molar-refractivity contribution is 4.94. The second-order valence-corrected chi connectivity index (χ2v) is 3.97. The molecular weight excluding hydrogens is 178 g/mol. The monoisotopic (exact) mass is 197 g/mol. The van der Waals surface area contributed by atoms with Crippen molar-refractivity contribution in [2.75, 3.05) is 0 Å². The molecule has 4 nitrogen and oxygen atoms in total. The highest BCUT2D eigenvalue weighted by atomic mass is 16.5. The van der Waals surface area contributed by atoms with Crippen LogP contribution < -0.4 is 5.73 Å². The van der Waals surface area contributed by atoms with E-state index in [0.717, 1.165) is 12.2 Å². The van der Waals surface area contributed by atoms with Gasteiger partial charge in [0.15, 0.2) is 0 Å². The largest absolute Gasteiger partial charge is 0.358 e. The van der Waals surface area contributed by atoms with E-state index in [4.69, 9.17) is 10.5 Å². The van der Waals surface area contributed by atoms with Crippen LogP contribution in [0.1, 0.15) is 26.5 Å². The average Bonchev–Trinajstić information content (AvgIpc) is 2.47. The smallest absolute Gasteiger partial charge is 0.103 e. The molecule has 4 heteroatoms. The molecule has 1 rings (SSSR count). The first kappa shape index (κ1) is 11.2. The van der Waals surface area contributed by atoms with Crippen LogP contribution >= 0.6 is 0 Å². The van der Waals surface area contributed by atoms with E-state index in [1.165, 1.54) is 0 Å². The van der Waals surface area contributed by atoms with Crippen LogP contribution in [0, 0.1) is 5.92 Å². The Morgan fingerprint density at radius 1 is 1.50 bits per heavy atom. The minimum Gasteiger partial charge on any atom is -0.358 e. The van der Waals surface area contributed by atoms with Gasteiger partial charge in [0.05, 0.1) is 18.6 Å². The molecule has 1 atom stereocenters. The number of ether oxygens (including phenoxy) is 1. The van der Waals surface area contributed by atoms with E-state index in [9.17, 15) is 0 Å². The number of hydrogen-bond donors (Lipinski definition) is 1. The highest BCUT2D eigenvalue weighted by Crippen LogP contribution is 2.03. The molecule has 0 aliphatic carbocycles. The van der Waals surface area contributed by atoms with Gasteiger partial charge in [0.25, 0.3) is 0 Å². The molecule has 1 unspecified atom stereocenters. The highest BCUT2D eigenvalue weighted by Gasteiger charge is 2.01. The van der Waals surface area contributed by atoms with Crippen LogP contribution in [0.2, 0.25) is 0 Å². The van der Waals surface area contributed by atoms with Gasteiger partial charge in [-0.1, -0.05) is 13.8 Å². The molecule has 0 aromatic carbocycles. The molecule has 0 bridgehead atoms. The lowest BCUT2D eigenvalue weighted by atomic mass is 10.2. The molecule has 0 aliphatic rings. The molecule has 80 valence electrons. The molecule has 14 heavy (non-hydrogen) atoms. The minimum atomic E-state index is -0.231. The number of hydrogen-bond acceptors (Lipinski definition) is 3. The van der Waals surface area contributed by atoms with Crippen molar-refractivity contribution in [3.05, 3.63) is 18.2 Å². The lowest BCUT2D eigenvalue weighted by molar-refractivity contribution is 0.0557. The Bertz CT molecular complexity index is 268. The summed E-state index contributed by atoms with van der Waals surface area (Å²) in [5.74, 6) is 0.631. The number of imidazole rings is 1. The van der Waals surface area contributed by atoms with E-state index in [2.05, 4.69) is 23.4 Å². The SMILES string of the molecule is CC(C)Cn1cnc(COC(C)N)c1. The van der Waals surface area contributed by atoms with Crippen LogP contribution in [0.5, 0.6) is 0 Å². The van der Waals surface area contributed by atoms with Crippen LogP contribution in [0.3, 0.4) is 0 Å². The van der Waals surface area contributed by atoms with Crippen molar-refractivity contribution in [3.8, 4) is 0 Å². The normalized spacial score (nSPS) is 13.5. The van der Waals surface area contributed by atoms with E-state index >= 15 is 0 Å². The second-order valence-electron chi connectivity index (χ2n) is 3.97. The summed E-state index contributed by atoms with van der Waals surface area (Å²) in [6.45, 7) is 7.65. The van der Waals surface area contributed by atoms with Crippen LogP contribution in [-0.4, -0.2) is 15.8 Å². The van der Waals surface area contributed by atoms with Crippen LogP contribution in [-0.2, 0) is 17.9 Å². The van der Waals surface area contributed by atoms with Gasteiger partial charge < -0.3 is 15.0 Å². The Morgan fingerprint density at radius 3 is 2.79 bits per heavy atom. The Balaban J connectivity index is 2.42. The van der Waals surface area contributed by atoms with Crippen LogP contribution in [0.25, 0.3) is 0 Å². The topological polar surface area (TPSA) is 53.1 Å². The summed E-state index contributed by atoms with van der Waals surface area (Å²) >= 11 is 0. The molecule has 0 aliphatic heterocycles. The Kier molecular flexibility index (Phi) is 4.10. The first-order chi connectivity index (χ1) is 6.58. The van der Waals surface area contributed by atoms with Gasteiger partial charge in [0, 0.05) is 12.7 Å². The van der Waals surface area contributed by atoms with E-state index < -0.39 is 0 Å². The number of nitrogens with zero attached hydrogens (tertiary/aromatic N) is 2. The van der Waals surface area contributed by atoms with Gasteiger partial charge in [-0.25, -0.2) is 4.98 Å². The molecule has 0 amide bonds. The predicted octanol–water partition coefficient (Wildman–Crippen LogP) is 1.36. The number of rotatable bonds is 5. The third kappa shape index (κ3) is 3.89. The summed E-state index contributed by atoms with van der Waals surface area (Å²) in [5, 5.41) is 0. The zero-order chi connectivity index (χ0) is 10.6. The first-order valence-corrected chi connectivity index (χ1v) is 4.95. The van der Waals surface area contributed by atoms with Crippen LogP contribution in [0.15, 0.2) is 12.5 Å². The summed E-state index contributed by atoms with van der Waals surface area (Å²) in [6.07, 6.45) is 3.60. The quantitative estimate of drug-likeness (QED) is 0.725. The first-order valence-electron chi connectivity index (χ1n) is 4.95. The van der Waals surface area contributed by atoms with Gasteiger partial charge >= 0.3 is 0 Å². The Labute approximate surface area is 85.1 Å². The molecule has 0 spiro atoms. The summed E-state index contributed by atoms with van der Waals surface area (Å²) in [5.41, 5.74) is 6.40. The van der Waals surface area contributed by atoms with Crippen molar-refractivity contribution in [2.45, 2.75) is 40.2 Å². The summed E-state index contributed by atoms with van der Waals surface area (Å²) in [4.78, 5) is 4.22. The predicted molar refractivity (Wildman–Crippen MR) is 55.5 cm³/mol. The second kappa shape index (κ2) is 5.12. The molecule has 0 radical (unpaired) electrons. The average molecular weight is 197 g/mol. The zero-order valence-corrected chi connectivity index (χ0v) is 9.10. The molecule has 0 fully saturated rings. The van der Waals surface area contributed by atoms with Crippen molar-refractivity contribution in [2.24, 2.45) is 11.7 Å². The van der Waals surface area contributed by atoms with Gasteiger partial charge in [-0.15, -0.1) is 0 Å². The van der Waals surface area contributed by atoms with Gasteiger partial charge in [0.2, 0.25) is 0 Å². The summed E-state index contributed by atoms with van der Waals surface area (Å²) < 4.78 is 7.32. The van der Waals surface area contributed by atoms with E-state index in [1.54, 1.807) is 0 Å². The Hall–Kier alpha value is -0.870. The molecule has 1 aromatic rings. The summed E-state index contributed by atoms with van der Waals surface area (Å²) in [6, 6.07) is 0. The standard InChI is InChI=1S/C10H19N3O/c1-8(2)4-13-5-10(12-7-13)6-14-9(3)11/h5,7-9H,4,6,11H2,1-3H3. The van der Waals surface area contributed by atoms with Gasteiger partial charge in [0.1, 0.15) is 6.23 Å². The molecule has 0 saturated heterocycles. The maximum Gasteiger partial charge on any atom is 0.103 e. The fourth-order valence-electron chi connectivity index (χ4n) is 1.22. The number of nitrogens with two attached hydrogens (primary N) is 1. The molecule has 1 aromatic heterocycles. The maximum absolute atomic E-state index is 5.47. The third-order valence-corrected chi connectivity index (χ3v) is 1.76. The minimum absolute atomic E-state index is 0.231. The lowest BCUT2D eigenvalue weighted by Crippen LogP contribution is -2.18. The van der Waals surface area contributed by atoms with Crippen molar-refractivity contribution in [1.82, 2.24) is 9.55 Å². The molecular formula is C10H19N3O. The van der Waals surface area contributed by atoms with Crippen molar-refractivity contribution < 1.29 is 4.74 Å². The molecule has 0 saturated carbocycles. The summed E-state index contributed by atoms with van der Waals surface area (Å²) in [7, 11) is 0. The number of aromatic nitrogens is 2. The van der Waals surface area contributed by atoms with E-state index in [-0.39, 0.29) is 6.23 Å². The van der Waals surface area contributed by atoms with Crippen molar-refractivity contribution in [1.29, 1.82) is 0 Å². The van der Waals surface area contributed by atoms with E-state index in [1.807, 2.05) is 19.4 Å². The Morgan fingerprint density at radius 2 is 2.21 bits per heavy atom. The fourth-order valence-corrected chi connectivity index (χ4v) is 1.22. The van der Waals surface area contributed by atoms with Gasteiger partial charge in [-0.3, -0.25) is 0 Å².